The van der Waals surface area contributed by atoms with E-state index in [1.807, 2.05) is 42.9 Å². The van der Waals surface area contributed by atoms with E-state index in [0.717, 1.165) is 62.4 Å². The molecule has 3 heterocycles. The van der Waals surface area contributed by atoms with Crippen molar-refractivity contribution < 1.29 is 9.13 Å². The van der Waals surface area contributed by atoms with Gasteiger partial charge in [-0.3, -0.25) is 4.99 Å². The Kier molecular flexibility index (Phi) is 9.50. The zero-order chi connectivity index (χ0) is 35.3. The van der Waals surface area contributed by atoms with E-state index < -0.39 is 5.54 Å². The average Bonchev–Trinajstić information content (AvgIpc) is 3.93. The molecule has 1 aliphatic rings. The molecule has 258 valence electrons. The first kappa shape index (κ1) is 33.3. The largest absolute Gasteiger partial charge is 0.497 e. The van der Waals surface area contributed by atoms with E-state index in [9.17, 15) is 4.39 Å². The second-order valence-corrected chi connectivity index (χ2v) is 13.8. The van der Waals surface area contributed by atoms with Gasteiger partial charge in [0.15, 0.2) is 5.16 Å². The third-order valence-corrected chi connectivity index (χ3v) is 10.6. The smallest absolute Gasteiger partial charge is 0.196 e. The molecule has 0 aliphatic carbocycles. The van der Waals surface area contributed by atoms with Gasteiger partial charge in [0, 0.05) is 36.2 Å². The number of methoxy groups -OCH3 is 1. The highest BCUT2D eigenvalue weighted by Gasteiger charge is 2.38. The number of imidazole rings is 1. The van der Waals surface area contributed by atoms with Crippen molar-refractivity contribution in [3.63, 3.8) is 0 Å². The summed E-state index contributed by atoms with van der Waals surface area (Å²) in [6.45, 7) is 0.697. The van der Waals surface area contributed by atoms with Gasteiger partial charge in [0.1, 0.15) is 22.9 Å². The van der Waals surface area contributed by atoms with Crippen LogP contribution >= 0.6 is 11.8 Å². The molecule has 5 aromatic carbocycles. The number of fused-ring (bicyclic) bond motifs is 1. The standard InChI is InChI=1S/C43H37FN6OS/c1-51-37-20-11-21-38(27-37)52-42-48-47-41(25-31-28-45-40-26-35(44)22-23-39(31)40)50(42)24-12-19-36-29-49(30-46-36)43(32-13-5-2-6-14-32,33-15-7-3-8-16-33)34-17-9-4-10-18-34/h2-11,13-18,20-23,26-31H,12,19,24-25H2,1H3. The summed E-state index contributed by atoms with van der Waals surface area (Å²) in [5.41, 5.74) is 5.54. The predicted molar refractivity (Wildman–Crippen MR) is 203 cm³/mol. The lowest BCUT2D eigenvalue weighted by molar-refractivity contribution is 0.413. The van der Waals surface area contributed by atoms with Gasteiger partial charge in [-0.15, -0.1) is 10.2 Å². The molecule has 0 N–H and O–H groups in total. The van der Waals surface area contributed by atoms with Crippen LogP contribution in [-0.2, 0) is 24.9 Å². The van der Waals surface area contributed by atoms with Crippen molar-refractivity contribution in [2.45, 2.75) is 47.3 Å². The molecule has 0 saturated heterocycles. The van der Waals surface area contributed by atoms with Crippen LogP contribution in [0.25, 0.3) is 0 Å². The fraction of sp³-hybridized carbons (Fsp3) is 0.163. The van der Waals surface area contributed by atoms with Gasteiger partial charge >= 0.3 is 0 Å². The van der Waals surface area contributed by atoms with Crippen LogP contribution in [0.4, 0.5) is 10.1 Å². The van der Waals surface area contributed by atoms with Gasteiger partial charge in [-0.1, -0.05) is 103 Å². The molecule has 1 unspecified atom stereocenters. The molecule has 1 atom stereocenters. The highest BCUT2D eigenvalue weighted by atomic mass is 32.2. The number of ether oxygens (including phenoxy) is 1. The number of aliphatic imine (C=N–C) groups is 1. The summed E-state index contributed by atoms with van der Waals surface area (Å²) in [5, 5.41) is 10.1. The summed E-state index contributed by atoms with van der Waals surface area (Å²) >= 11 is 1.56. The van der Waals surface area contributed by atoms with Crippen molar-refractivity contribution in [1.29, 1.82) is 0 Å². The summed E-state index contributed by atoms with van der Waals surface area (Å²) < 4.78 is 23.9. The zero-order valence-corrected chi connectivity index (χ0v) is 29.5. The molecule has 8 rings (SSSR count). The average molecular weight is 705 g/mol. The lowest BCUT2D eigenvalue weighted by Gasteiger charge is -2.37. The quantitative estimate of drug-likeness (QED) is 0.112. The van der Waals surface area contributed by atoms with Gasteiger partial charge in [0.2, 0.25) is 0 Å². The number of aryl methyl sites for hydroxylation is 1. The van der Waals surface area contributed by atoms with E-state index in [4.69, 9.17) is 9.72 Å². The van der Waals surface area contributed by atoms with Gasteiger partial charge in [0.05, 0.1) is 24.8 Å². The van der Waals surface area contributed by atoms with Crippen molar-refractivity contribution in [2.24, 2.45) is 4.99 Å². The predicted octanol–water partition coefficient (Wildman–Crippen LogP) is 9.29. The number of aromatic nitrogens is 5. The Bertz CT molecular complexity index is 2210. The highest BCUT2D eigenvalue weighted by Crippen LogP contribution is 2.41. The topological polar surface area (TPSA) is 70.1 Å². The van der Waals surface area contributed by atoms with Crippen molar-refractivity contribution in [2.75, 3.05) is 7.11 Å². The Balaban J connectivity index is 1.09. The first-order valence-electron chi connectivity index (χ1n) is 17.4. The Morgan fingerprint density at radius 3 is 2.15 bits per heavy atom. The molecule has 0 fully saturated rings. The van der Waals surface area contributed by atoms with Crippen LogP contribution in [0.15, 0.2) is 161 Å². The molecule has 2 aromatic heterocycles. The van der Waals surface area contributed by atoms with Crippen LogP contribution in [0.5, 0.6) is 5.75 Å². The van der Waals surface area contributed by atoms with Crippen molar-refractivity contribution in [3.8, 4) is 5.75 Å². The molecule has 7 aromatic rings. The van der Waals surface area contributed by atoms with Gasteiger partial charge in [0.25, 0.3) is 0 Å². The molecule has 0 radical (unpaired) electrons. The Morgan fingerprint density at radius 1 is 0.788 bits per heavy atom. The minimum absolute atomic E-state index is 0.00833. The second-order valence-electron chi connectivity index (χ2n) is 12.8. The lowest BCUT2D eigenvalue weighted by atomic mass is 9.77. The molecule has 7 nitrogen and oxygen atoms in total. The van der Waals surface area contributed by atoms with E-state index >= 15 is 0 Å². The van der Waals surface area contributed by atoms with Gasteiger partial charge < -0.3 is 13.9 Å². The molecular weight excluding hydrogens is 668 g/mol. The molecule has 0 bridgehead atoms. The van der Waals surface area contributed by atoms with Crippen LogP contribution in [0.2, 0.25) is 0 Å². The molecule has 1 aliphatic heterocycles. The van der Waals surface area contributed by atoms with Crippen LogP contribution in [0.1, 0.15) is 46.1 Å². The van der Waals surface area contributed by atoms with Crippen LogP contribution in [0.3, 0.4) is 0 Å². The van der Waals surface area contributed by atoms with Crippen molar-refractivity contribution in [1.82, 2.24) is 24.3 Å². The Labute approximate surface area is 306 Å². The molecule has 0 saturated carbocycles. The minimum Gasteiger partial charge on any atom is -0.497 e. The molecule has 0 spiro atoms. The van der Waals surface area contributed by atoms with E-state index in [1.165, 1.54) is 12.1 Å². The zero-order valence-electron chi connectivity index (χ0n) is 28.7. The second kappa shape index (κ2) is 14.8. The normalized spacial score (nSPS) is 13.7. The Morgan fingerprint density at radius 2 is 1.48 bits per heavy atom. The summed E-state index contributed by atoms with van der Waals surface area (Å²) in [7, 11) is 1.67. The molecular formula is C43H37FN6OS. The summed E-state index contributed by atoms with van der Waals surface area (Å²) in [5.74, 6) is 1.36. The van der Waals surface area contributed by atoms with Gasteiger partial charge in [-0.05, 0) is 77.2 Å². The summed E-state index contributed by atoms with van der Waals surface area (Å²) in [6.07, 6.45) is 8.24. The SMILES string of the molecule is COc1cccc(Sc2nnc(CC3C=Nc4cc(F)ccc43)n2CCCc2cn(C(c3ccccc3)(c3ccccc3)c3ccccc3)cn2)c1. The highest BCUT2D eigenvalue weighted by molar-refractivity contribution is 7.99. The molecule has 9 heteroatoms. The maximum absolute atomic E-state index is 13.9. The number of benzene rings is 5. The van der Waals surface area contributed by atoms with E-state index in [-0.39, 0.29) is 11.7 Å². The summed E-state index contributed by atoms with van der Waals surface area (Å²) in [4.78, 5) is 10.5. The Hall–Kier alpha value is -5.80. The number of rotatable bonds is 13. The monoisotopic (exact) mass is 704 g/mol. The van der Waals surface area contributed by atoms with Crippen LogP contribution in [-0.4, -0.2) is 37.6 Å². The number of hydrogen-bond donors (Lipinski definition) is 0. The lowest BCUT2D eigenvalue weighted by Crippen LogP contribution is -2.36. The molecule has 52 heavy (non-hydrogen) atoms. The van der Waals surface area contributed by atoms with E-state index in [0.29, 0.717) is 18.7 Å². The third kappa shape index (κ3) is 6.55. The fourth-order valence-corrected chi connectivity index (χ4v) is 8.09. The van der Waals surface area contributed by atoms with Gasteiger partial charge in [-0.2, -0.15) is 0 Å². The van der Waals surface area contributed by atoms with Gasteiger partial charge in [-0.25, -0.2) is 9.37 Å². The van der Waals surface area contributed by atoms with E-state index in [1.54, 1.807) is 18.9 Å². The van der Waals surface area contributed by atoms with Crippen LogP contribution < -0.4 is 4.74 Å². The maximum Gasteiger partial charge on any atom is 0.196 e. The maximum atomic E-state index is 13.9. The fourth-order valence-electron chi connectivity index (χ4n) is 7.17. The van der Waals surface area contributed by atoms with Crippen molar-refractivity contribution >= 4 is 23.7 Å². The number of nitrogens with zero attached hydrogens (tertiary/aromatic N) is 6. The third-order valence-electron chi connectivity index (χ3n) is 9.64. The minimum atomic E-state index is -0.612. The first-order valence-corrected chi connectivity index (χ1v) is 18.2. The number of halogens is 1. The van der Waals surface area contributed by atoms with Crippen molar-refractivity contribution in [3.05, 3.63) is 186 Å². The molecule has 0 amide bonds. The number of hydrogen-bond acceptors (Lipinski definition) is 6. The van der Waals surface area contributed by atoms with Crippen LogP contribution in [0, 0.1) is 5.82 Å². The summed E-state index contributed by atoms with van der Waals surface area (Å²) in [6, 6.07) is 44.7. The first-order chi connectivity index (χ1) is 25.6. The van der Waals surface area contributed by atoms with E-state index in [2.05, 4.69) is 122 Å².